The van der Waals surface area contributed by atoms with Crippen molar-refractivity contribution in [3.8, 4) is 0 Å². The molecule has 3 heteroatoms. The average molecular weight is 233 g/mol. The number of hydrogen-bond donors (Lipinski definition) is 0. The van der Waals surface area contributed by atoms with Crippen molar-refractivity contribution in [1.29, 1.82) is 0 Å². The van der Waals surface area contributed by atoms with Gasteiger partial charge in [0, 0.05) is 10.1 Å². The minimum atomic E-state index is -0.288. The second-order valence-electron chi connectivity index (χ2n) is 2.27. The van der Waals surface area contributed by atoms with Gasteiger partial charge in [0.2, 0.25) is 0 Å². The third kappa shape index (κ3) is 3.72. The van der Waals surface area contributed by atoms with Gasteiger partial charge in [-0.3, -0.25) is 0 Å². The van der Waals surface area contributed by atoms with Crippen LogP contribution in [0, 0.1) is 0 Å². The summed E-state index contributed by atoms with van der Waals surface area (Å²) in [5.41, 5.74) is 0.624. The number of allylic oxidation sites excluding steroid dienone is 1. The highest BCUT2D eigenvalue weighted by Crippen LogP contribution is 2.16. The molecule has 0 aromatic rings. The van der Waals surface area contributed by atoms with E-state index >= 15 is 0 Å². The van der Waals surface area contributed by atoms with Gasteiger partial charge in [0.15, 0.2) is 0 Å². The number of rotatable bonds is 4. The van der Waals surface area contributed by atoms with Gasteiger partial charge in [-0.2, -0.15) is 0 Å². The Morgan fingerprint density at radius 3 is 2.67 bits per heavy atom. The van der Waals surface area contributed by atoms with E-state index in [-0.39, 0.29) is 12.6 Å². The largest absolute Gasteiger partial charge is 0.458 e. The first-order chi connectivity index (χ1) is 5.63. The fraction of sp³-hybridized carbons (Fsp3) is 0.444. The van der Waals surface area contributed by atoms with E-state index in [0.29, 0.717) is 5.57 Å². The van der Waals surface area contributed by atoms with Crippen molar-refractivity contribution in [2.75, 3.05) is 6.61 Å². The average Bonchev–Trinajstić information content (AvgIpc) is 2.11. The minimum absolute atomic E-state index is 0.264. The molecule has 0 N–H and O–H groups in total. The van der Waals surface area contributed by atoms with Crippen molar-refractivity contribution in [2.45, 2.75) is 20.3 Å². The predicted molar refractivity (Wildman–Crippen MR) is 53.1 cm³/mol. The van der Waals surface area contributed by atoms with Gasteiger partial charge in [0.1, 0.15) is 6.61 Å². The van der Waals surface area contributed by atoms with Crippen molar-refractivity contribution >= 4 is 21.9 Å². The molecule has 0 spiro atoms. The lowest BCUT2D eigenvalue weighted by Gasteiger charge is -2.03. The normalized spacial score (nSPS) is 11.9. The topological polar surface area (TPSA) is 26.3 Å². The van der Waals surface area contributed by atoms with Crippen LogP contribution >= 0.6 is 15.9 Å². The monoisotopic (exact) mass is 232 g/mol. The highest BCUT2D eigenvalue weighted by molar-refractivity contribution is 9.11. The van der Waals surface area contributed by atoms with E-state index in [4.69, 9.17) is 4.74 Å². The summed E-state index contributed by atoms with van der Waals surface area (Å²) in [7, 11) is 0. The zero-order valence-corrected chi connectivity index (χ0v) is 8.98. The Balaban J connectivity index is 4.18. The van der Waals surface area contributed by atoms with Crippen LogP contribution in [0.1, 0.15) is 20.3 Å². The number of esters is 1. The summed E-state index contributed by atoms with van der Waals surface area (Å²) in [6.45, 7) is 7.42. The Kier molecular flexibility index (Phi) is 5.72. The van der Waals surface area contributed by atoms with Crippen LogP contribution in [0.15, 0.2) is 22.7 Å². The summed E-state index contributed by atoms with van der Waals surface area (Å²) in [5.74, 6) is -0.288. The number of ether oxygens (including phenoxy) is 1. The summed E-state index contributed by atoms with van der Waals surface area (Å²) in [5, 5.41) is 0. The molecule has 12 heavy (non-hydrogen) atoms. The third-order valence-corrected chi connectivity index (χ3v) is 2.51. The maximum absolute atomic E-state index is 11.1. The molecule has 0 unspecified atom stereocenters. The van der Waals surface area contributed by atoms with E-state index < -0.39 is 0 Å². The first-order valence-corrected chi connectivity index (χ1v) is 4.56. The second-order valence-corrected chi connectivity index (χ2v) is 3.23. The summed E-state index contributed by atoms with van der Waals surface area (Å²) in [4.78, 5) is 11.1. The Morgan fingerprint density at radius 1 is 1.67 bits per heavy atom. The van der Waals surface area contributed by atoms with E-state index in [9.17, 15) is 4.79 Å². The predicted octanol–water partition coefficient (Wildman–Crippen LogP) is 2.79. The summed E-state index contributed by atoms with van der Waals surface area (Å²) >= 11 is 3.29. The molecule has 0 fully saturated rings. The van der Waals surface area contributed by atoms with E-state index in [0.717, 1.165) is 10.9 Å². The number of hydrogen-bond acceptors (Lipinski definition) is 2. The molecule has 2 nitrogen and oxygen atoms in total. The van der Waals surface area contributed by atoms with Crippen LogP contribution in [0.3, 0.4) is 0 Å². The molecular weight excluding hydrogens is 220 g/mol. The van der Waals surface area contributed by atoms with Gasteiger partial charge in [-0.25, -0.2) is 4.79 Å². The van der Waals surface area contributed by atoms with Crippen LogP contribution in [0.4, 0.5) is 0 Å². The zero-order chi connectivity index (χ0) is 9.56. The lowest BCUT2D eigenvalue weighted by atomic mass is 10.2. The van der Waals surface area contributed by atoms with Crippen molar-refractivity contribution in [3.63, 3.8) is 0 Å². The molecule has 0 saturated carbocycles. The van der Waals surface area contributed by atoms with Crippen molar-refractivity contribution in [2.24, 2.45) is 0 Å². The van der Waals surface area contributed by atoms with Gasteiger partial charge in [0.25, 0.3) is 0 Å². The highest BCUT2D eigenvalue weighted by Gasteiger charge is 2.07. The number of halogens is 1. The smallest absolute Gasteiger partial charge is 0.334 e. The summed E-state index contributed by atoms with van der Waals surface area (Å²) in [6.07, 6.45) is 2.35. The Labute approximate surface area is 81.4 Å². The molecule has 0 aliphatic rings. The first-order valence-electron chi connectivity index (χ1n) is 3.76. The van der Waals surface area contributed by atoms with Crippen LogP contribution in [0.2, 0.25) is 0 Å². The van der Waals surface area contributed by atoms with Gasteiger partial charge in [-0.05, 0) is 13.3 Å². The zero-order valence-electron chi connectivity index (χ0n) is 7.39. The van der Waals surface area contributed by atoms with Gasteiger partial charge in [-0.1, -0.05) is 35.5 Å². The lowest BCUT2D eigenvalue weighted by molar-refractivity contribution is -0.137. The van der Waals surface area contributed by atoms with Crippen LogP contribution in [0.25, 0.3) is 0 Å². The maximum Gasteiger partial charge on any atom is 0.334 e. The van der Waals surface area contributed by atoms with Crippen LogP contribution in [-0.2, 0) is 9.53 Å². The standard InChI is InChI=1S/C9H13BrO2/c1-4-6-12-9(11)7(3)8(10)5-2/h4H,1,5-6H2,2-3H3. The second kappa shape index (κ2) is 6.00. The third-order valence-electron chi connectivity index (χ3n) is 1.36. The van der Waals surface area contributed by atoms with Crippen LogP contribution in [-0.4, -0.2) is 12.6 Å². The molecule has 0 aliphatic heterocycles. The number of carbonyl (C=O) groups is 1. The minimum Gasteiger partial charge on any atom is -0.458 e. The lowest BCUT2D eigenvalue weighted by Crippen LogP contribution is -2.06. The van der Waals surface area contributed by atoms with Crippen molar-refractivity contribution in [3.05, 3.63) is 22.7 Å². The van der Waals surface area contributed by atoms with Gasteiger partial charge >= 0.3 is 5.97 Å². The molecule has 0 saturated heterocycles. The molecule has 0 heterocycles. The Bertz CT molecular complexity index is 207. The van der Waals surface area contributed by atoms with Crippen molar-refractivity contribution in [1.82, 2.24) is 0 Å². The van der Waals surface area contributed by atoms with Crippen LogP contribution < -0.4 is 0 Å². The SMILES string of the molecule is C=CCOC(=O)C(C)=C(Br)CC. The van der Waals surface area contributed by atoms with E-state index in [1.54, 1.807) is 13.0 Å². The number of carbonyl (C=O) groups excluding carboxylic acids is 1. The molecule has 68 valence electrons. The molecule has 0 bridgehead atoms. The maximum atomic E-state index is 11.1. The van der Waals surface area contributed by atoms with Gasteiger partial charge in [-0.15, -0.1) is 0 Å². The van der Waals surface area contributed by atoms with E-state index in [1.165, 1.54) is 0 Å². The molecular formula is C9H13BrO2. The summed E-state index contributed by atoms with van der Waals surface area (Å²) in [6, 6.07) is 0. The molecule has 0 amide bonds. The van der Waals surface area contributed by atoms with Crippen molar-refractivity contribution < 1.29 is 9.53 Å². The quantitative estimate of drug-likeness (QED) is 0.424. The molecule has 0 radical (unpaired) electrons. The van der Waals surface area contributed by atoms with E-state index in [1.807, 2.05) is 6.92 Å². The highest BCUT2D eigenvalue weighted by atomic mass is 79.9. The fourth-order valence-electron chi connectivity index (χ4n) is 0.619. The Morgan fingerprint density at radius 2 is 2.25 bits per heavy atom. The molecule has 0 aromatic heterocycles. The molecule has 0 rings (SSSR count). The van der Waals surface area contributed by atoms with Gasteiger partial charge < -0.3 is 4.74 Å². The molecule has 0 atom stereocenters. The molecule has 0 aliphatic carbocycles. The van der Waals surface area contributed by atoms with Gasteiger partial charge in [0.05, 0.1) is 0 Å². The summed E-state index contributed by atoms with van der Waals surface area (Å²) < 4.78 is 5.72. The molecule has 0 aromatic carbocycles. The van der Waals surface area contributed by atoms with Crippen LogP contribution in [0.5, 0.6) is 0 Å². The first kappa shape index (κ1) is 11.4. The van der Waals surface area contributed by atoms with E-state index in [2.05, 4.69) is 22.5 Å². The Hall–Kier alpha value is -0.570. The fourth-order valence-corrected chi connectivity index (χ4v) is 0.781.